The van der Waals surface area contributed by atoms with Gasteiger partial charge in [0, 0.05) is 23.2 Å². The van der Waals surface area contributed by atoms with E-state index < -0.39 is 0 Å². The Morgan fingerprint density at radius 3 is 2.88 bits per heavy atom. The number of aliphatic imine (C=N–C) groups is 2. The maximum absolute atomic E-state index is 8.70. The van der Waals surface area contributed by atoms with Crippen LogP contribution < -0.4 is 22.1 Å². The third-order valence-electron chi connectivity index (χ3n) is 2.92. The topological polar surface area (TPSA) is 143 Å². The predicted molar refractivity (Wildman–Crippen MR) is 97.8 cm³/mol. The van der Waals surface area contributed by atoms with Crippen molar-refractivity contribution < 1.29 is 0 Å². The molecule has 0 fully saturated rings. The number of nitrogens with zero attached hydrogens (tertiary/aromatic N) is 5. The molecule has 0 atom stereocenters. The molecular weight excluding hydrogens is 324 g/mol. The average Bonchev–Trinajstić information content (AvgIpc) is 3.00. The molecule has 0 aliphatic heterocycles. The fourth-order valence-electron chi connectivity index (χ4n) is 1.96. The minimum atomic E-state index is -0.0395. The van der Waals surface area contributed by atoms with E-state index in [1.807, 2.05) is 29.6 Å². The van der Waals surface area contributed by atoms with Gasteiger partial charge in [0.15, 0.2) is 5.96 Å². The summed E-state index contributed by atoms with van der Waals surface area (Å²) >= 11 is 1.33. The summed E-state index contributed by atoms with van der Waals surface area (Å²) in [6.45, 7) is 4.11. The van der Waals surface area contributed by atoms with E-state index in [9.17, 15) is 0 Å². The van der Waals surface area contributed by atoms with E-state index in [-0.39, 0.29) is 11.9 Å². The Labute approximate surface area is 143 Å². The standard InChI is InChI=1S/C15H16N8S/c1-2-6-23(14(19)20-9-16)11-5-3-4-10(7-11)12-8-24-15(21-12)22-13(17)18/h2-5,7-8H,1,6H2,(H2,19,20)(H4,17,18,21,22). The number of nitriles is 1. The normalized spacial score (nSPS) is 10.7. The van der Waals surface area contributed by atoms with Crippen LogP contribution in [0, 0.1) is 11.5 Å². The molecular formula is C15H16N8S. The van der Waals surface area contributed by atoms with Crippen molar-refractivity contribution in [3.63, 3.8) is 0 Å². The number of aromatic nitrogens is 1. The molecule has 0 radical (unpaired) electrons. The van der Waals surface area contributed by atoms with Crippen molar-refractivity contribution in [2.75, 3.05) is 11.4 Å². The summed E-state index contributed by atoms with van der Waals surface area (Å²) in [6.07, 6.45) is 3.35. The third kappa shape index (κ3) is 4.08. The zero-order valence-electron chi connectivity index (χ0n) is 12.8. The molecule has 24 heavy (non-hydrogen) atoms. The molecule has 6 N–H and O–H groups in total. The molecule has 0 saturated heterocycles. The Hall–Kier alpha value is -3.38. The number of thiazole rings is 1. The Bertz CT molecular complexity index is 826. The first-order valence-electron chi connectivity index (χ1n) is 6.81. The fourth-order valence-corrected chi connectivity index (χ4v) is 2.68. The number of benzene rings is 1. The fraction of sp³-hybridized carbons (Fsp3) is 0.0667. The monoisotopic (exact) mass is 340 g/mol. The van der Waals surface area contributed by atoms with E-state index >= 15 is 0 Å². The summed E-state index contributed by atoms with van der Waals surface area (Å²) in [7, 11) is 0. The molecule has 0 aliphatic rings. The zero-order chi connectivity index (χ0) is 17.5. The van der Waals surface area contributed by atoms with E-state index in [4.69, 9.17) is 22.5 Å². The second-order valence-electron chi connectivity index (χ2n) is 4.57. The highest BCUT2D eigenvalue weighted by atomic mass is 32.1. The van der Waals surface area contributed by atoms with Gasteiger partial charge >= 0.3 is 0 Å². The first-order valence-corrected chi connectivity index (χ1v) is 7.69. The van der Waals surface area contributed by atoms with Gasteiger partial charge in [-0.05, 0) is 12.1 Å². The van der Waals surface area contributed by atoms with E-state index in [1.54, 1.807) is 17.2 Å². The molecule has 0 bridgehead atoms. The van der Waals surface area contributed by atoms with Crippen LogP contribution in [0.5, 0.6) is 0 Å². The Morgan fingerprint density at radius 1 is 1.42 bits per heavy atom. The van der Waals surface area contributed by atoms with Crippen molar-refractivity contribution in [3.8, 4) is 17.5 Å². The van der Waals surface area contributed by atoms with Crippen molar-refractivity contribution in [1.82, 2.24) is 4.98 Å². The highest BCUT2D eigenvalue weighted by Crippen LogP contribution is 2.29. The van der Waals surface area contributed by atoms with Crippen LogP contribution in [0.1, 0.15) is 0 Å². The van der Waals surface area contributed by atoms with Gasteiger partial charge in [-0.3, -0.25) is 0 Å². The molecule has 1 aromatic carbocycles. The number of nitrogens with two attached hydrogens (primary N) is 3. The molecule has 122 valence electrons. The molecule has 0 spiro atoms. The predicted octanol–water partition coefficient (Wildman–Crippen LogP) is 1.50. The third-order valence-corrected chi connectivity index (χ3v) is 3.66. The summed E-state index contributed by atoms with van der Waals surface area (Å²) < 4.78 is 0. The summed E-state index contributed by atoms with van der Waals surface area (Å²) in [4.78, 5) is 13.5. The van der Waals surface area contributed by atoms with Gasteiger partial charge in [0.25, 0.3) is 0 Å². The van der Waals surface area contributed by atoms with Crippen LogP contribution in [0.15, 0.2) is 52.3 Å². The minimum Gasteiger partial charge on any atom is -0.370 e. The van der Waals surface area contributed by atoms with Crippen LogP contribution in [0.2, 0.25) is 0 Å². The lowest BCUT2D eigenvalue weighted by atomic mass is 10.1. The number of hydrogen-bond donors (Lipinski definition) is 3. The van der Waals surface area contributed by atoms with Crippen molar-refractivity contribution in [3.05, 3.63) is 42.3 Å². The van der Waals surface area contributed by atoms with Crippen LogP contribution >= 0.6 is 11.3 Å². The summed E-state index contributed by atoms with van der Waals surface area (Å²) in [5, 5.41) is 11.0. The highest BCUT2D eigenvalue weighted by Gasteiger charge is 2.12. The van der Waals surface area contributed by atoms with E-state index in [1.165, 1.54) is 11.3 Å². The Balaban J connectivity index is 2.39. The van der Waals surface area contributed by atoms with Crippen LogP contribution in [0.25, 0.3) is 11.3 Å². The second kappa shape index (κ2) is 7.75. The van der Waals surface area contributed by atoms with Gasteiger partial charge in [0.1, 0.15) is 0 Å². The van der Waals surface area contributed by atoms with Gasteiger partial charge in [-0.25, -0.2) is 4.98 Å². The van der Waals surface area contributed by atoms with E-state index in [0.29, 0.717) is 11.7 Å². The maximum Gasteiger partial charge on any atom is 0.212 e. The lowest BCUT2D eigenvalue weighted by Crippen LogP contribution is -2.37. The van der Waals surface area contributed by atoms with E-state index in [0.717, 1.165) is 16.9 Å². The van der Waals surface area contributed by atoms with Gasteiger partial charge in [-0.1, -0.05) is 18.2 Å². The number of guanidine groups is 2. The second-order valence-corrected chi connectivity index (χ2v) is 5.41. The summed E-state index contributed by atoms with van der Waals surface area (Å²) in [5.74, 6) is 0.0521. The molecule has 0 amide bonds. The lowest BCUT2D eigenvalue weighted by Gasteiger charge is -2.21. The largest absolute Gasteiger partial charge is 0.370 e. The Morgan fingerprint density at radius 2 is 2.21 bits per heavy atom. The van der Waals surface area contributed by atoms with Gasteiger partial charge in [0.2, 0.25) is 17.3 Å². The van der Waals surface area contributed by atoms with Crippen molar-refractivity contribution in [2.24, 2.45) is 27.2 Å². The van der Waals surface area contributed by atoms with E-state index in [2.05, 4.69) is 21.5 Å². The maximum atomic E-state index is 8.70. The first kappa shape index (κ1) is 17.0. The number of anilines is 1. The Kier molecular flexibility index (Phi) is 5.49. The quantitative estimate of drug-likeness (QED) is 0.326. The van der Waals surface area contributed by atoms with Crippen LogP contribution in [-0.4, -0.2) is 23.4 Å². The van der Waals surface area contributed by atoms with Crippen molar-refractivity contribution >= 4 is 34.1 Å². The van der Waals surface area contributed by atoms with Crippen molar-refractivity contribution in [2.45, 2.75) is 0 Å². The average molecular weight is 340 g/mol. The minimum absolute atomic E-state index is 0.0395. The molecule has 0 aliphatic carbocycles. The van der Waals surface area contributed by atoms with Gasteiger partial charge in [0.05, 0.1) is 5.69 Å². The van der Waals surface area contributed by atoms with Crippen molar-refractivity contribution in [1.29, 1.82) is 5.26 Å². The van der Waals surface area contributed by atoms with Gasteiger partial charge in [-0.15, -0.1) is 22.9 Å². The molecule has 2 rings (SSSR count). The van der Waals surface area contributed by atoms with Crippen LogP contribution in [0.3, 0.4) is 0 Å². The molecule has 8 nitrogen and oxygen atoms in total. The molecule has 0 unspecified atom stereocenters. The molecule has 2 aromatic rings. The van der Waals surface area contributed by atoms with Crippen LogP contribution in [0.4, 0.5) is 10.8 Å². The van der Waals surface area contributed by atoms with Gasteiger partial charge < -0.3 is 22.1 Å². The summed E-state index contributed by atoms with van der Waals surface area (Å²) in [6, 6.07) is 7.51. The molecule has 1 heterocycles. The number of rotatable bonds is 5. The summed E-state index contributed by atoms with van der Waals surface area (Å²) in [5.41, 5.74) is 18.9. The molecule has 0 saturated carbocycles. The smallest absolute Gasteiger partial charge is 0.212 e. The zero-order valence-corrected chi connectivity index (χ0v) is 13.6. The lowest BCUT2D eigenvalue weighted by molar-refractivity contribution is 1.12. The SMILES string of the molecule is C=CCN(C(N)=NC#N)c1cccc(-c2csc(N=C(N)N)n2)c1. The van der Waals surface area contributed by atoms with Gasteiger partial charge in [-0.2, -0.15) is 10.3 Å². The van der Waals surface area contributed by atoms with Crippen LogP contribution in [-0.2, 0) is 0 Å². The first-order chi connectivity index (χ1) is 11.5. The number of hydrogen-bond acceptors (Lipinski definition) is 5. The molecule has 9 heteroatoms. The molecule has 1 aromatic heterocycles. The highest BCUT2D eigenvalue weighted by molar-refractivity contribution is 7.13.